The minimum Gasteiger partial charge on any atom is -0.264 e. The molecule has 0 saturated carbocycles. The number of hydrogen-bond donors (Lipinski definition) is 0. The Bertz CT molecular complexity index is 8150. The Morgan fingerprint density at radius 1 is 0.185 bits per heavy atom. The second-order valence-corrected chi connectivity index (χ2v) is 36.3. The summed E-state index contributed by atoms with van der Waals surface area (Å²) in [6.07, 6.45) is 7.42. The van der Waals surface area contributed by atoms with E-state index in [1.807, 2.05) is 36.7 Å². The van der Waals surface area contributed by atoms with Gasteiger partial charge >= 0.3 is 0 Å². The van der Waals surface area contributed by atoms with Gasteiger partial charge in [0.25, 0.3) is 0 Å². The van der Waals surface area contributed by atoms with Gasteiger partial charge < -0.3 is 0 Å². The molecule has 5 aromatic heterocycles. The lowest BCUT2D eigenvalue weighted by molar-refractivity contribution is 0.661. The van der Waals surface area contributed by atoms with Gasteiger partial charge in [-0.3, -0.25) is 9.97 Å². The van der Waals surface area contributed by atoms with Gasteiger partial charge in [-0.05, 0) is 198 Å². The van der Waals surface area contributed by atoms with Crippen molar-refractivity contribution >= 4 is 21.5 Å². The number of benzene rings is 17. The van der Waals surface area contributed by atoms with E-state index in [0.29, 0.717) is 0 Å². The van der Waals surface area contributed by atoms with E-state index in [2.05, 4.69) is 474 Å². The molecule has 17 aromatic carbocycles. The van der Waals surface area contributed by atoms with Crippen molar-refractivity contribution in [2.75, 3.05) is 0 Å². The van der Waals surface area contributed by atoms with Crippen molar-refractivity contribution < 1.29 is 0 Å². The summed E-state index contributed by atoms with van der Waals surface area (Å²) in [6, 6.07) is 165. The van der Waals surface area contributed by atoms with Crippen LogP contribution in [0.3, 0.4) is 0 Å². The zero-order valence-electron chi connectivity index (χ0n) is 75.4. The summed E-state index contributed by atoms with van der Waals surface area (Å²) in [4.78, 5) is 29.6. The summed E-state index contributed by atoms with van der Waals surface area (Å²) < 4.78 is 0. The summed E-state index contributed by atoms with van der Waals surface area (Å²) in [6.45, 7) is 9.41. The van der Waals surface area contributed by atoms with E-state index in [1.54, 1.807) is 12.4 Å². The van der Waals surface area contributed by atoms with Gasteiger partial charge in [0.15, 0.2) is 5.82 Å². The van der Waals surface area contributed by atoms with E-state index in [1.165, 1.54) is 122 Å². The molecule has 0 aliphatic heterocycles. The monoisotopic (exact) mass is 1720 g/mol. The van der Waals surface area contributed by atoms with E-state index in [4.69, 9.17) is 19.9 Å². The van der Waals surface area contributed by atoms with Crippen LogP contribution in [0.5, 0.6) is 0 Å². The van der Waals surface area contributed by atoms with Crippen LogP contribution in [0.4, 0.5) is 0 Å². The molecular formula is C129H92N6. The molecule has 0 bridgehead atoms. The maximum absolute atomic E-state index is 5.43. The Hall–Kier alpha value is -17.1. The first kappa shape index (κ1) is 82.4. The summed E-state index contributed by atoms with van der Waals surface area (Å²) in [5.41, 5.74) is 42.5. The molecule has 0 atom stereocenters. The largest absolute Gasteiger partial charge is 0.264 e. The fourth-order valence-electron chi connectivity index (χ4n) is 21.2. The zero-order chi connectivity index (χ0) is 90.6. The first-order valence-corrected chi connectivity index (χ1v) is 46.4. The minimum absolute atomic E-state index is 0.109. The first-order chi connectivity index (χ1) is 66.5. The van der Waals surface area contributed by atoms with Gasteiger partial charge in [-0.1, -0.05) is 446 Å². The molecule has 638 valence electrons. The SMILES string of the molecule is CC1(C)c2cccc(-c3cc(-c4ccccc4)nc(-c4ccc(-c5ccccc5)cc4)n3)c2-c2c1ccc1ccccc21.CC1(C)c2cccc(-c3cc(-c4ccccc4)nc(-c4ccc(-c5cccnc5)cc4)c3)c2-c2ccc3ccccc3c21.c1ccc(-c2cc(-c3ccc(-c4cccnc4)cc3)nc(-c3cccc4c3-c3ccccc3C4(c3ccccc3)c3ccccc3)c2)cc1. The normalized spacial score (nSPS) is 12.9. The molecule has 22 aromatic rings. The van der Waals surface area contributed by atoms with Crippen LogP contribution in [0.1, 0.15) is 72.2 Å². The van der Waals surface area contributed by atoms with Crippen LogP contribution in [-0.2, 0) is 16.2 Å². The van der Waals surface area contributed by atoms with E-state index < -0.39 is 5.41 Å². The Kier molecular flexibility index (Phi) is 21.1. The van der Waals surface area contributed by atoms with Crippen LogP contribution in [0.15, 0.2) is 486 Å². The van der Waals surface area contributed by atoms with Gasteiger partial charge in [-0.2, -0.15) is 0 Å². The third kappa shape index (κ3) is 14.9. The summed E-state index contributed by atoms with van der Waals surface area (Å²) in [5.74, 6) is 0.726. The standard InChI is InChI=1S/C47H32N2.2C41H30N2/c1-4-14-33(15-5-1)37-30-44(35-27-25-34(26-28-35)36-16-13-29-48-32-36)49-45(31-37)41-22-12-24-43-46(41)40-21-10-11-23-42(40)47(43,38-17-6-2-7-18-38)39-19-8-3-9-20-39;1-41(2)34-19-11-18-33(39(34)38-32-17-10-9-14-29(32)24-25-35(38)41)37-26-36(30-15-7-4-8-16-30)42-40(43-37)31-22-20-28(21-23-31)27-12-5-3-6-13-27;1-41(2)36-16-8-15-33(39(36)35-22-21-28-10-6-7-14-34(28)40(35)41)32-24-37(29-11-4-3-5-12-29)43-38(25-32)30-19-17-27(18-20-30)31-13-9-23-42-26-31/h1-32H;2*3-26H,1-2H3. The van der Waals surface area contributed by atoms with Crippen LogP contribution < -0.4 is 0 Å². The van der Waals surface area contributed by atoms with E-state index in [-0.39, 0.29) is 10.8 Å². The summed E-state index contributed by atoms with van der Waals surface area (Å²) >= 11 is 0. The van der Waals surface area contributed by atoms with E-state index in [9.17, 15) is 0 Å². The summed E-state index contributed by atoms with van der Waals surface area (Å²) in [5, 5.41) is 5.16. The van der Waals surface area contributed by atoms with Crippen LogP contribution in [0.25, 0.3) is 189 Å². The predicted molar refractivity (Wildman–Crippen MR) is 559 cm³/mol. The molecule has 25 rings (SSSR count). The van der Waals surface area contributed by atoms with Crippen molar-refractivity contribution in [1.82, 2.24) is 29.9 Å². The van der Waals surface area contributed by atoms with Gasteiger partial charge in [-0.15, -0.1) is 0 Å². The second kappa shape index (κ2) is 34.7. The Morgan fingerprint density at radius 2 is 0.541 bits per heavy atom. The topological polar surface area (TPSA) is 77.3 Å². The van der Waals surface area contributed by atoms with E-state index in [0.717, 1.165) is 112 Å². The first-order valence-electron chi connectivity index (χ1n) is 46.4. The summed E-state index contributed by atoms with van der Waals surface area (Å²) in [7, 11) is 0. The third-order valence-corrected chi connectivity index (χ3v) is 27.7. The van der Waals surface area contributed by atoms with Gasteiger partial charge in [0.2, 0.25) is 0 Å². The number of aromatic nitrogens is 6. The van der Waals surface area contributed by atoms with Gasteiger partial charge in [0.1, 0.15) is 0 Å². The number of rotatable bonds is 14. The van der Waals surface area contributed by atoms with Crippen LogP contribution in [0, 0.1) is 0 Å². The van der Waals surface area contributed by atoms with Crippen LogP contribution >= 0.6 is 0 Å². The van der Waals surface area contributed by atoms with Crippen molar-refractivity contribution in [3.63, 3.8) is 0 Å². The molecule has 0 radical (unpaired) electrons. The minimum atomic E-state index is -0.466. The molecule has 0 unspecified atom stereocenters. The fourth-order valence-corrected chi connectivity index (χ4v) is 21.2. The predicted octanol–water partition coefficient (Wildman–Crippen LogP) is 32.7. The lowest BCUT2D eigenvalue weighted by Gasteiger charge is -2.33. The quantitative estimate of drug-likeness (QED) is 0.108. The van der Waals surface area contributed by atoms with Crippen LogP contribution in [-0.4, -0.2) is 29.9 Å². The van der Waals surface area contributed by atoms with E-state index >= 15 is 0 Å². The Balaban J connectivity index is 0.000000114. The Labute approximate surface area is 788 Å². The number of pyridine rings is 4. The van der Waals surface area contributed by atoms with Crippen molar-refractivity contribution in [2.24, 2.45) is 0 Å². The molecular weight excluding hydrogens is 1630 g/mol. The van der Waals surface area contributed by atoms with Gasteiger partial charge in [0.05, 0.1) is 39.6 Å². The zero-order valence-corrected chi connectivity index (χ0v) is 75.4. The van der Waals surface area contributed by atoms with Gasteiger partial charge in [-0.25, -0.2) is 19.9 Å². The highest BCUT2D eigenvalue weighted by atomic mass is 14.9. The van der Waals surface area contributed by atoms with Gasteiger partial charge in [0, 0.05) is 74.6 Å². The fraction of sp³-hybridized carbons (Fsp3) is 0.0543. The molecule has 0 saturated heterocycles. The lowest BCUT2D eigenvalue weighted by atomic mass is 9.67. The average Bonchev–Trinajstić information content (AvgIpc) is 1.54. The second-order valence-electron chi connectivity index (χ2n) is 36.3. The highest BCUT2D eigenvalue weighted by Gasteiger charge is 2.47. The highest BCUT2D eigenvalue weighted by Crippen LogP contribution is 2.60. The van der Waals surface area contributed by atoms with Crippen molar-refractivity contribution in [3.05, 3.63) is 530 Å². The molecule has 0 fully saturated rings. The van der Waals surface area contributed by atoms with Crippen molar-refractivity contribution in [3.8, 4) is 168 Å². The van der Waals surface area contributed by atoms with Crippen molar-refractivity contribution in [2.45, 2.75) is 43.9 Å². The smallest absolute Gasteiger partial charge is 0.160 e. The van der Waals surface area contributed by atoms with Crippen molar-refractivity contribution in [1.29, 1.82) is 0 Å². The molecule has 6 nitrogen and oxygen atoms in total. The molecule has 3 aliphatic carbocycles. The number of nitrogens with zero attached hydrogens (tertiary/aromatic N) is 6. The molecule has 0 amide bonds. The molecule has 5 heterocycles. The maximum Gasteiger partial charge on any atom is 0.160 e. The number of hydrogen-bond acceptors (Lipinski definition) is 6. The maximum atomic E-state index is 5.43. The molecule has 0 N–H and O–H groups in total. The Morgan fingerprint density at radius 3 is 1.10 bits per heavy atom. The average molecular weight is 1730 g/mol. The lowest BCUT2D eigenvalue weighted by Crippen LogP contribution is -2.28. The highest BCUT2D eigenvalue weighted by molar-refractivity contribution is 6.07. The third-order valence-electron chi connectivity index (χ3n) is 27.7. The molecule has 6 heteroatoms. The molecule has 0 spiro atoms. The molecule has 3 aliphatic rings. The molecule has 135 heavy (non-hydrogen) atoms. The number of fused-ring (bicyclic) bond motifs is 13. The van der Waals surface area contributed by atoms with Crippen LogP contribution in [0.2, 0.25) is 0 Å².